The Balaban J connectivity index is 1.93. The van der Waals surface area contributed by atoms with Gasteiger partial charge in [0.05, 0.1) is 5.92 Å². The standard InChI is InChI=1S/C17H21NO4/c1-17(2,3)14(19)11-22-16(21)12-9-15(20)18(10-12)13-7-5-4-6-8-13/h4-8,12H,9-11H2,1-3H3/t12-/m1/s1. The van der Waals surface area contributed by atoms with Crippen molar-refractivity contribution in [3.8, 4) is 0 Å². The molecule has 1 fully saturated rings. The molecule has 0 bridgehead atoms. The SMILES string of the molecule is CC(C)(C)C(=O)COC(=O)[C@@H]1CC(=O)N(c2ccccc2)C1. The second kappa shape index (κ2) is 6.30. The minimum atomic E-state index is -0.540. The fourth-order valence-electron chi connectivity index (χ4n) is 2.19. The van der Waals surface area contributed by atoms with Crippen LogP contribution in [0.1, 0.15) is 27.2 Å². The Morgan fingerprint density at radius 2 is 1.86 bits per heavy atom. The van der Waals surface area contributed by atoms with E-state index in [1.54, 1.807) is 25.7 Å². The largest absolute Gasteiger partial charge is 0.457 e. The zero-order valence-electron chi connectivity index (χ0n) is 13.2. The summed E-state index contributed by atoms with van der Waals surface area (Å²) in [6.07, 6.45) is 0.122. The van der Waals surface area contributed by atoms with Crippen LogP contribution in [-0.2, 0) is 19.1 Å². The summed E-state index contributed by atoms with van der Waals surface area (Å²) in [5.41, 5.74) is 0.232. The first-order valence-electron chi connectivity index (χ1n) is 7.34. The van der Waals surface area contributed by atoms with E-state index >= 15 is 0 Å². The molecule has 1 aromatic rings. The lowest BCUT2D eigenvalue weighted by atomic mass is 9.91. The number of hydrogen-bond acceptors (Lipinski definition) is 4. The van der Waals surface area contributed by atoms with Crippen LogP contribution >= 0.6 is 0 Å². The molecular weight excluding hydrogens is 282 g/mol. The van der Waals surface area contributed by atoms with Crippen molar-refractivity contribution in [2.24, 2.45) is 11.3 Å². The molecular formula is C17H21NO4. The van der Waals surface area contributed by atoms with Gasteiger partial charge in [0.25, 0.3) is 0 Å². The van der Waals surface area contributed by atoms with Gasteiger partial charge < -0.3 is 9.64 Å². The molecule has 0 aliphatic carbocycles. The van der Waals surface area contributed by atoms with Gasteiger partial charge in [0, 0.05) is 24.1 Å². The maximum Gasteiger partial charge on any atom is 0.311 e. The Bertz CT molecular complexity index is 574. The van der Waals surface area contributed by atoms with Crippen LogP contribution < -0.4 is 4.90 Å². The molecule has 1 heterocycles. The van der Waals surface area contributed by atoms with Gasteiger partial charge in [-0.2, -0.15) is 0 Å². The molecule has 5 heteroatoms. The van der Waals surface area contributed by atoms with E-state index in [1.165, 1.54) is 0 Å². The van der Waals surface area contributed by atoms with Crippen molar-refractivity contribution in [1.29, 1.82) is 0 Å². The predicted octanol–water partition coefficient (Wildman–Crippen LogP) is 2.20. The van der Waals surface area contributed by atoms with Gasteiger partial charge in [0.2, 0.25) is 5.91 Å². The Morgan fingerprint density at radius 1 is 1.23 bits per heavy atom. The fourth-order valence-corrected chi connectivity index (χ4v) is 2.19. The minimum Gasteiger partial charge on any atom is -0.457 e. The first-order chi connectivity index (χ1) is 10.3. The molecule has 0 spiro atoms. The van der Waals surface area contributed by atoms with Crippen molar-refractivity contribution in [2.45, 2.75) is 27.2 Å². The number of hydrogen-bond donors (Lipinski definition) is 0. The summed E-state index contributed by atoms with van der Waals surface area (Å²) in [5.74, 6) is -1.23. The Kier molecular flexibility index (Phi) is 4.64. The number of carbonyl (C=O) groups is 3. The molecule has 1 amide bonds. The Hall–Kier alpha value is -2.17. The fraction of sp³-hybridized carbons (Fsp3) is 0.471. The van der Waals surface area contributed by atoms with Crippen LogP contribution in [0, 0.1) is 11.3 Å². The third kappa shape index (κ3) is 3.72. The van der Waals surface area contributed by atoms with Crippen LogP contribution in [0.25, 0.3) is 0 Å². The highest BCUT2D eigenvalue weighted by Gasteiger charge is 2.36. The number of Topliss-reactive ketones (excluding diaryl/α,β-unsaturated/α-hetero) is 1. The van der Waals surface area contributed by atoms with E-state index in [4.69, 9.17) is 4.74 Å². The Morgan fingerprint density at radius 3 is 2.45 bits per heavy atom. The number of carbonyl (C=O) groups excluding carboxylic acids is 3. The van der Waals surface area contributed by atoms with Crippen molar-refractivity contribution >= 4 is 23.3 Å². The molecule has 5 nitrogen and oxygen atoms in total. The molecule has 1 aromatic carbocycles. The zero-order valence-corrected chi connectivity index (χ0v) is 13.2. The number of benzene rings is 1. The van der Waals surface area contributed by atoms with Crippen molar-refractivity contribution in [1.82, 2.24) is 0 Å². The maximum atomic E-state index is 12.0. The summed E-state index contributed by atoms with van der Waals surface area (Å²) < 4.78 is 5.08. The van der Waals surface area contributed by atoms with Crippen LogP contribution in [0.15, 0.2) is 30.3 Å². The van der Waals surface area contributed by atoms with Gasteiger partial charge >= 0.3 is 5.97 Å². The highest BCUT2D eigenvalue weighted by molar-refractivity contribution is 5.99. The van der Waals surface area contributed by atoms with Gasteiger partial charge in [0.15, 0.2) is 12.4 Å². The van der Waals surface area contributed by atoms with E-state index in [9.17, 15) is 14.4 Å². The van der Waals surface area contributed by atoms with Crippen molar-refractivity contribution in [3.63, 3.8) is 0 Å². The van der Waals surface area contributed by atoms with Gasteiger partial charge in [-0.05, 0) is 12.1 Å². The third-order valence-electron chi connectivity index (χ3n) is 3.71. The third-order valence-corrected chi connectivity index (χ3v) is 3.71. The number of nitrogens with zero attached hydrogens (tertiary/aromatic N) is 1. The normalized spacial score (nSPS) is 18.4. The van der Waals surface area contributed by atoms with E-state index in [0.717, 1.165) is 5.69 Å². The summed E-state index contributed by atoms with van der Waals surface area (Å²) in [5, 5.41) is 0. The lowest BCUT2D eigenvalue weighted by molar-refractivity contribution is -0.153. The van der Waals surface area contributed by atoms with Crippen molar-refractivity contribution in [3.05, 3.63) is 30.3 Å². The highest BCUT2D eigenvalue weighted by atomic mass is 16.5. The molecule has 0 saturated carbocycles. The van der Waals surface area contributed by atoms with Gasteiger partial charge in [-0.15, -0.1) is 0 Å². The summed E-state index contributed by atoms with van der Waals surface area (Å²) in [6, 6.07) is 9.21. The number of ketones is 1. The average Bonchev–Trinajstić information content (AvgIpc) is 2.86. The first kappa shape index (κ1) is 16.2. The van der Waals surface area contributed by atoms with Gasteiger partial charge in [0.1, 0.15) is 0 Å². The number of ether oxygens (including phenoxy) is 1. The number of amides is 1. The topological polar surface area (TPSA) is 63.7 Å². The summed E-state index contributed by atoms with van der Waals surface area (Å²) in [4.78, 5) is 37.4. The predicted molar refractivity (Wildman–Crippen MR) is 82.3 cm³/mol. The molecule has 118 valence electrons. The van der Waals surface area contributed by atoms with Crippen molar-refractivity contribution < 1.29 is 19.1 Å². The molecule has 0 N–H and O–H groups in total. The molecule has 22 heavy (non-hydrogen) atoms. The maximum absolute atomic E-state index is 12.0. The summed E-state index contributed by atoms with van der Waals surface area (Å²) in [7, 11) is 0. The van der Waals surface area contributed by atoms with Gasteiger partial charge in [-0.1, -0.05) is 39.0 Å². The zero-order chi connectivity index (χ0) is 16.3. The molecule has 1 aliphatic rings. The number of rotatable bonds is 4. The van der Waals surface area contributed by atoms with E-state index < -0.39 is 17.3 Å². The molecule has 0 radical (unpaired) electrons. The smallest absolute Gasteiger partial charge is 0.311 e. The molecule has 1 aliphatic heterocycles. The highest BCUT2D eigenvalue weighted by Crippen LogP contribution is 2.25. The van der Waals surface area contributed by atoms with E-state index in [1.807, 2.05) is 30.3 Å². The van der Waals surface area contributed by atoms with E-state index in [-0.39, 0.29) is 24.7 Å². The average molecular weight is 303 g/mol. The van der Waals surface area contributed by atoms with Crippen LogP contribution in [0.2, 0.25) is 0 Å². The molecule has 1 atom stereocenters. The second-order valence-corrected chi connectivity index (χ2v) is 6.52. The van der Waals surface area contributed by atoms with Crippen LogP contribution in [0.3, 0.4) is 0 Å². The molecule has 0 unspecified atom stereocenters. The van der Waals surface area contributed by atoms with Gasteiger partial charge in [-0.25, -0.2) is 0 Å². The second-order valence-electron chi connectivity index (χ2n) is 6.52. The van der Waals surface area contributed by atoms with Crippen LogP contribution in [0.4, 0.5) is 5.69 Å². The molecule has 1 saturated heterocycles. The van der Waals surface area contributed by atoms with E-state index in [2.05, 4.69) is 0 Å². The summed E-state index contributed by atoms with van der Waals surface area (Å²) >= 11 is 0. The summed E-state index contributed by atoms with van der Waals surface area (Å²) in [6.45, 7) is 5.39. The quantitative estimate of drug-likeness (QED) is 0.800. The number of para-hydroxylation sites is 1. The van der Waals surface area contributed by atoms with Crippen LogP contribution in [0.5, 0.6) is 0 Å². The monoisotopic (exact) mass is 303 g/mol. The lowest BCUT2D eigenvalue weighted by Crippen LogP contribution is -2.30. The molecule has 0 aromatic heterocycles. The van der Waals surface area contributed by atoms with Gasteiger partial charge in [-0.3, -0.25) is 14.4 Å². The number of esters is 1. The number of anilines is 1. The lowest BCUT2D eigenvalue weighted by Gasteiger charge is -2.18. The molecule has 2 rings (SSSR count). The van der Waals surface area contributed by atoms with E-state index in [0.29, 0.717) is 6.54 Å². The minimum absolute atomic E-state index is 0.102. The Labute approximate surface area is 130 Å². The first-order valence-corrected chi connectivity index (χ1v) is 7.34. The van der Waals surface area contributed by atoms with Crippen molar-refractivity contribution in [2.75, 3.05) is 18.1 Å². The van der Waals surface area contributed by atoms with Crippen LogP contribution in [-0.4, -0.2) is 30.8 Å².